The molecule has 2 aromatic rings. The van der Waals surface area contributed by atoms with Crippen molar-refractivity contribution < 1.29 is 22.4 Å². The van der Waals surface area contributed by atoms with Crippen LogP contribution in [0.3, 0.4) is 0 Å². The Bertz CT molecular complexity index is 1040. The summed E-state index contributed by atoms with van der Waals surface area (Å²) in [6, 6.07) is 7.70. The maximum atomic E-state index is 12.9. The second-order valence-corrected chi connectivity index (χ2v) is 9.57. The van der Waals surface area contributed by atoms with Gasteiger partial charge in [-0.1, -0.05) is 0 Å². The monoisotopic (exact) mass is 431 g/mol. The predicted molar refractivity (Wildman–Crippen MR) is 111 cm³/mol. The van der Waals surface area contributed by atoms with Crippen molar-refractivity contribution in [3.05, 3.63) is 47.9 Å². The third-order valence-corrected chi connectivity index (χ3v) is 7.53. The Kier molecular flexibility index (Phi) is 5.66. The first-order valence-corrected chi connectivity index (χ1v) is 11.5. The second kappa shape index (κ2) is 8.23. The van der Waals surface area contributed by atoms with Crippen molar-refractivity contribution >= 4 is 27.5 Å². The molecule has 0 radical (unpaired) electrons. The van der Waals surface area contributed by atoms with Crippen molar-refractivity contribution in [2.24, 2.45) is 0 Å². The number of fused-ring (bicyclic) bond motifs is 1. The van der Waals surface area contributed by atoms with Gasteiger partial charge in [0.25, 0.3) is 0 Å². The van der Waals surface area contributed by atoms with E-state index >= 15 is 0 Å². The van der Waals surface area contributed by atoms with Gasteiger partial charge in [-0.05, 0) is 48.7 Å². The number of hydrogen-bond donors (Lipinski definition) is 1. The number of sulfonamides is 1. The zero-order chi connectivity index (χ0) is 21.3. The molecule has 1 unspecified atom stereocenters. The predicted octanol–water partition coefficient (Wildman–Crippen LogP) is 1.70. The van der Waals surface area contributed by atoms with Crippen LogP contribution in [0.2, 0.25) is 0 Å². The SMILES string of the molecule is CC(=O)N1c2ccc(S(=O)(=O)N3CCCC3)cc2CC1C(=O)NCCc1ccco1. The molecule has 2 amide bonds. The standard InChI is InChI=1S/C21H25N3O5S/c1-15(25)24-19-7-6-18(30(27,28)23-10-2-3-11-23)13-16(19)14-20(24)21(26)22-9-8-17-5-4-12-29-17/h4-7,12-13,20H,2-3,8-11,14H2,1H3,(H,22,26). The maximum absolute atomic E-state index is 12.9. The summed E-state index contributed by atoms with van der Waals surface area (Å²) in [6.45, 7) is 2.85. The number of carbonyl (C=O) groups excluding carboxylic acids is 2. The van der Waals surface area contributed by atoms with Gasteiger partial charge in [-0.25, -0.2) is 8.42 Å². The topological polar surface area (TPSA) is 99.9 Å². The van der Waals surface area contributed by atoms with Crippen molar-refractivity contribution in [3.8, 4) is 0 Å². The minimum absolute atomic E-state index is 0.213. The summed E-state index contributed by atoms with van der Waals surface area (Å²) in [4.78, 5) is 26.7. The third-order valence-electron chi connectivity index (χ3n) is 5.63. The minimum atomic E-state index is -3.56. The van der Waals surface area contributed by atoms with Crippen LogP contribution in [0.4, 0.5) is 5.69 Å². The molecule has 1 atom stereocenters. The molecule has 0 aliphatic carbocycles. The van der Waals surface area contributed by atoms with Gasteiger partial charge in [0.05, 0.1) is 11.2 Å². The Balaban J connectivity index is 1.52. The highest BCUT2D eigenvalue weighted by Gasteiger charge is 2.38. The average Bonchev–Trinajstić information content (AvgIpc) is 3.46. The molecule has 30 heavy (non-hydrogen) atoms. The van der Waals surface area contributed by atoms with E-state index in [9.17, 15) is 18.0 Å². The first-order chi connectivity index (χ1) is 14.4. The van der Waals surface area contributed by atoms with Crippen molar-refractivity contribution in [3.63, 3.8) is 0 Å². The van der Waals surface area contributed by atoms with Crippen LogP contribution in [0.25, 0.3) is 0 Å². The fourth-order valence-electron chi connectivity index (χ4n) is 4.15. The number of nitrogens with one attached hydrogen (secondary N) is 1. The van der Waals surface area contributed by atoms with Crippen molar-refractivity contribution in [1.29, 1.82) is 0 Å². The molecule has 1 fully saturated rings. The fourth-order valence-corrected chi connectivity index (χ4v) is 5.71. The summed E-state index contributed by atoms with van der Waals surface area (Å²) in [5, 5.41) is 2.85. The fraction of sp³-hybridized carbons (Fsp3) is 0.429. The summed E-state index contributed by atoms with van der Waals surface area (Å²) in [6.07, 6.45) is 4.14. The molecule has 8 nitrogen and oxygen atoms in total. The second-order valence-electron chi connectivity index (χ2n) is 7.63. The summed E-state index contributed by atoms with van der Waals surface area (Å²) < 4.78 is 32.5. The molecule has 4 rings (SSSR count). The van der Waals surface area contributed by atoms with Gasteiger partial charge in [-0.15, -0.1) is 0 Å². The van der Waals surface area contributed by atoms with Gasteiger partial charge in [0, 0.05) is 45.1 Å². The quantitative estimate of drug-likeness (QED) is 0.750. The average molecular weight is 432 g/mol. The highest BCUT2D eigenvalue weighted by atomic mass is 32.2. The Hall–Kier alpha value is -2.65. The lowest BCUT2D eigenvalue weighted by molar-refractivity contribution is -0.125. The van der Waals surface area contributed by atoms with Crippen molar-refractivity contribution in [2.75, 3.05) is 24.5 Å². The van der Waals surface area contributed by atoms with E-state index in [1.54, 1.807) is 24.5 Å². The molecule has 0 saturated carbocycles. The van der Waals surface area contributed by atoms with Crippen LogP contribution in [-0.2, 0) is 32.5 Å². The molecule has 1 saturated heterocycles. The van der Waals surface area contributed by atoms with Crippen molar-refractivity contribution in [2.45, 2.75) is 43.5 Å². The van der Waals surface area contributed by atoms with Crippen LogP contribution in [0.15, 0.2) is 45.9 Å². The number of anilines is 1. The number of carbonyl (C=O) groups is 2. The van der Waals surface area contributed by atoms with Crippen LogP contribution in [-0.4, -0.2) is 50.2 Å². The summed E-state index contributed by atoms with van der Waals surface area (Å²) in [5.41, 5.74) is 1.28. The zero-order valence-corrected chi connectivity index (χ0v) is 17.7. The van der Waals surface area contributed by atoms with Crippen LogP contribution in [0.1, 0.15) is 31.1 Å². The molecule has 3 heterocycles. The van der Waals surface area contributed by atoms with E-state index in [-0.39, 0.29) is 23.1 Å². The molecular formula is C21H25N3O5S. The zero-order valence-electron chi connectivity index (χ0n) is 16.8. The number of rotatable bonds is 6. The van der Waals surface area contributed by atoms with Crippen LogP contribution >= 0.6 is 0 Å². The van der Waals surface area contributed by atoms with E-state index < -0.39 is 16.1 Å². The van der Waals surface area contributed by atoms with Gasteiger partial charge in [-0.2, -0.15) is 4.31 Å². The number of amides is 2. The summed E-state index contributed by atoms with van der Waals surface area (Å²) in [5.74, 6) is 0.247. The smallest absolute Gasteiger partial charge is 0.243 e. The Morgan fingerprint density at radius 1 is 1.20 bits per heavy atom. The number of benzene rings is 1. The van der Waals surface area contributed by atoms with E-state index in [0.29, 0.717) is 37.3 Å². The van der Waals surface area contributed by atoms with Crippen LogP contribution in [0, 0.1) is 0 Å². The van der Waals surface area contributed by atoms with E-state index in [2.05, 4.69) is 5.32 Å². The molecule has 1 aromatic heterocycles. The van der Waals surface area contributed by atoms with Gasteiger partial charge in [0.15, 0.2) is 0 Å². The molecule has 0 spiro atoms. The Morgan fingerprint density at radius 3 is 2.63 bits per heavy atom. The molecule has 1 aromatic carbocycles. The lowest BCUT2D eigenvalue weighted by Crippen LogP contribution is -2.47. The van der Waals surface area contributed by atoms with E-state index in [0.717, 1.165) is 18.6 Å². The first kappa shape index (κ1) is 20.6. The Morgan fingerprint density at radius 2 is 1.97 bits per heavy atom. The minimum Gasteiger partial charge on any atom is -0.469 e. The van der Waals surface area contributed by atoms with Gasteiger partial charge in [0.1, 0.15) is 11.8 Å². The van der Waals surface area contributed by atoms with Gasteiger partial charge >= 0.3 is 0 Å². The first-order valence-electron chi connectivity index (χ1n) is 10.1. The number of furan rings is 1. The molecule has 160 valence electrons. The van der Waals surface area contributed by atoms with E-state index in [1.165, 1.54) is 22.2 Å². The van der Waals surface area contributed by atoms with Gasteiger partial charge in [0.2, 0.25) is 21.8 Å². The lowest BCUT2D eigenvalue weighted by atomic mass is 10.1. The van der Waals surface area contributed by atoms with Gasteiger partial charge in [-0.3, -0.25) is 14.5 Å². The molecular weight excluding hydrogens is 406 g/mol. The number of nitrogens with zero attached hydrogens (tertiary/aromatic N) is 2. The highest BCUT2D eigenvalue weighted by molar-refractivity contribution is 7.89. The highest BCUT2D eigenvalue weighted by Crippen LogP contribution is 2.35. The normalized spacial score (nSPS) is 19.1. The molecule has 9 heteroatoms. The van der Waals surface area contributed by atoms with Crippen LogP contribution in [0.5, 0.6) is 0 Å². The molecule has 1 N–H and O–H groups in total. The molecule has 2 aliphatic rings. The van der Waals surface area contributed by atoms with E-state index in [1.807, 2.05) is 6.07 Å². The summed E-state index contributed by atoms with van der Waals surface area (Å²) >= 11 is 0. The van der Waals surface area contributed by atoms with Gasteiger partial charge < -0.3 is 9.73 Å². The number of hydrogen-bond acceptors (Lipinski definition) is 5. The third kappa shape index (κ3) is 3.87. The lowest BCUT2D eigenvalue weighted by Gasteiger charge is -2.23. The summed E-state index contributed by atoms with van der Waals surface area (Å²) in [7, 11) is -3.56. The molecule has 0 bridgehead atoms. The Labute approximate surface area is 175 Å². The largest absolute Gasteiger partial charge is 0.469 e. The van der Waals surface area contributed by atoms with E-state index in [4.69, 9.17) is 4.42 Å². The van der Waals surface area contributed by atoms with Crippen LogP contribution < -0.4 is 10.2 Å². The van der Waals surface area contributed by atoms with Crippen molar-refractivity contribution in [1.82, 2.24) is 9.62 Å². The maximum Gasteiger partial charge on any atom is 0.243 e. The molecule has 2 aliphatic heterocycles.